The van der Waals surface area contributed by atoms with Gasteiger partial charge in [-0.05, 0) is 20.8 Å². The van der Waals surface area contributed by atoms with Gasteiger partial charge < -0.3 is 14.8 Å². The van der Waals surface area contributed by atoms with Gasteiger partial charge in [-0.2, -0.15) is 39.2 Å². The minimum atomic E-state index is -6.66. The second-order valence-electron chi connectivity index (χ2n) is 6.74. The number of hydrogen-bond donors (Lipinski definition) is 2. The fourth-order valence-corrected chi connectivity index (χ4v) is 2.15. The quantitative estimate of drug-likeness (QED) is 0.172. The van der Waals surface area contributed by atoms with Gasteiger partial charge in [0.15, 0.2) is 0 Å². The van der Waals surface area contributed by atoms with E-state index in [9.17, 15) is 48.7 Å². The second kappa shape index (κ2) is 8.66. The van der Waals surface area contributed by atoms with E-state index in [1.54, 1.807) is 5.32 Å². The lowest BCUT2D eigenvalue weighted by atomic mass is 10.1. The van der Waals surface area contributed by atoms with Crippen molar-refractivity contribution in [3.8, 4) is 0 Å². The molecule has 0 bridgehead atoms. The number of amides is 1. The first-order valence-corrected chi connectivity index (χ1v) is 9.09. The van der Waals surface area contributed by atoms with Gasteiger partial charge in [0.2, 0.25) is 0 Å². The Hall–Kier alpha value is -1.94. The zero-order chi connectivity index (χ0) is 24.4. The lowest BCUT2D eigenvalue weighted by Gasteiger charge is -2.35. The first-order valence-electron chi connectivity index (χ1n) is 7.65. The maximum Gasteiger partial charge on any atom is 0.466 e. The van der Waals surface area contributed by atoms with E-state index in [0.717, 1.165) is 0 Å². The van der Waals surface area contributed by atoms with Gasteiger partial charge in [0, 0.05) is 18.0 Å². The molecule has 30 heavy (non-hydrogen) atoms. The molecule has 1 unspecified atom stereocenters. The average molecular weight is 477 g/mol. The van der Waals surface area contributed by atoms with E-state index in [1.165, 1.54) is 20.8 Å². The average Bonchev–Trinajstić information content (AvgIpc) is 2.49. The fraction of sp³-hybridized carbons (Fsp3) is 0.714. The first kappa shape index (κ1) is 28.1. The van der Waals surface area contributed by atoms with Crippen LogP contribution in [0.3, 0.4) is 0 Å². The van der Waals surface area contributed by atoms with E-state index in [2.05, 4.69) is 16.1 Å². The van der Waals surface area contributed by atoms with Crippen LogP contribution in [0.25, 0.3) is 0 Å². The molecular weight excluding hydrogens is 459 g/mol. The molecule has 16 heteroatoms. The van der Waals surface area contributed by atoms with E-state index >= 15 is 0 Å². The molecule has 0 aliphatic carbocycles. The molecule has 0 fully saturated rings. The molecule has 0 aromatic heterocycles. The summed E-state index contributed by atoms with van der Waals surface area (Å²) in [5, 5.41) is -4.36. The third-order valence-electron chi connectivity index (χ3n) is 3.04. The van der Waals surface area contributed by atoms with Crippen molar-refractivity contribution in [3.63, 3.8) is 0 Å². The van der Waals surface area contributed by atoms with Crippen molar-refractivity contribution >= 4 is 22.0 Å². The summed E-state index contributed by atoms with van der Waals surface area (Å²) in [6.07, 6.45) is -8.15. The fourth-order valence-electron chi connectivity index (χ4n) is 1.67. The highest BCUT2D eigenvalue weighted by Gasteiger charge is 2.68. The third-order valence-corrected chi connectivity index (χ3v) is 3.99. The maximum absolute atomic E-state index is 13.6. The zero-order valence-electron chi connectivity index (χ0n) is 15.6. The molecule has 0 heterocycles. The van der Waals surface area contributed by atoms with Crippen LogP contribution in [0.1, 0.15) is 27.2 Å². The SMILES string of the molecule is C=CC(=O)OC(OCCC(F)(F)C(F)(F)S(=O)(=O)O)(C(=O)NC(C)(C)C)C(F)(F)F. The second-order valence-corrected chi connectivity index (χ2v) is 8.20. The molecule has 0 aliphatic rings. The summed E-state index contributed by atoms with van der Waals surface area (Å²) in [6.45, 7) is 4.33. The van der Waals surface area contributed by atoms with Gasteiger partial charge in [0.1, 0.15) is 0 Å². The van der Waals surface area contributed by atoms with Crippen LogP contribution in [-0.4, -0.2) is 60.1 Å². The van der Waals surface area contributed by atoms with Gasteiger partial charge in [-0.25, -0.2) is 4.79 Å². The Balaban J connectivity index is 6.04. The maximum atomic E-state index is 13.6. The summed E-state index contributed by atoms with van der Waals surface area (Å²) in [5.41, 5.74) is -1.39. The predicted octanol–water partition coefficient (Wildman–Crippen LogP) is 2.41. The van der Waals surface area contributed by atoms with Crippen LogP contribution >= 0.6 is 0 Å². The number of hydrogen-bond acceptors (Lipinski definition) is 6. The van der Waals surface area contributed by atoms with E-state index in [1.807, 2.05) is 0 Å². The number of carbonyl (C=O) groups excluding carboxylic acids is 2. The molecule has 1 amide bonds. The summed E-state index contributed by atoms with van der Waals surface area (Å²) < 4.78 is 131. The lowest BCUT2D eigenvalue weighted by Crippen LogP contribution is -2.64. The van der Waals surface area contributed by atoms with Crippen molar-refractivity contribution < 1.29 is 62.8 Å². The van der Waals surface area contributed by atoms with Crippen LogP contribution in [-0.2, 0) is 29.2 Å². The molecule has 0 aromatic rings. The highest BCUT2D eigenvalue weighted by Crippen LogP contribution is 2.42. The third kappa shape index (κ3) is 6.28. The van der Waals surface area contributed by atoms with Crippen molar-refractivity contribution in [2.45, 2.75) is 55.9 Å². The van der Waals surface area contributed by atoms with E-state index in [0.29, 0.717) is 0 Å². The van der Waals surface area contributed by atoms with Gasteiger partial charge in [0.05, 0.1) is 6.61 Å². The predicted molar refractivity (Wildman–Crippen MR) is 85.0 cm³/mol. The van der Waals surface area contributed by atoms with Gasteiger partial charge in [-0.1, -0.05) is 6.58 Å². The van der Waals surface area contributed by atoms with Crippen LogP contribution in [0, 0.1) is 0 Å². The van der Waals surface area contributed by atoms with Crippen molar-refractivity contribution in [2.24, 2.45) is 0 Å². The van der Waals surface area contributed by atoms with Crippen LogP contribution in [0.4, 0.5) is 30.7 Å². The highest BCUT2D eigenvalue weighted by atomic mass is 32.2. The number of nitrogens with one attached hydrogen (secondary N) is 1. The Morgan fingerprint density at radius 3 is 1.87 bits per heavy atom. The summed E-state index contributed by atoms with van der Waals surface area (Å²) in [4.78, 5) is 23.5. The Bertz CT molecular complexity index is 774. The molecule has 0 aliphatic heterocycles. The smallest absolute Gasteiger partial charge is 0.412 e. The lowest BCUT2D eigenvalue weighted by molar-refractivity contribution is -0.349. The molecule has 0 rings (SSSR count). The van der Waals surface area contributed by atoms with Crippen molar-refractivity contribution in [2.75, 3.05) is 6.61 Å². The van der Waals surface area contributed by atoms with Gasteiger partial charge in [0.25, 0.3) is 0 Å². The molecule has 0 radical (unpaired) electrons. The van der Waals surface area contributed by atoms with E-state index in [4.69, 9.17) is 4.55 Å². The number of halogens is 7. The molecule has 8 nitrogen and oxygen atoms in total. The Labute approximate surface area is 166 Å². The van der Waals surface area contributed by atoms with Crippen molar-refractivity contribution in [1.82, 2.24) is 5.32 Å². The van der Waals surface area contributed by atoms with Crippen LogP contribution in [0.5, 0.6) is 0 Å². The number of alkyl halides is 7. The van der Waals surface area contributed by atoms with Crippen molar-refractivity contribution in [3.05, 3.63) is 12.7 Å². The van der Waals surface area contributed by atoms with Crippen LogP contribution in [0.2, 0.25) is 0 Å². The molecule has 0 spiro atoms. The Morgan fingerprint density at radius 1 is 1.07 bits per heavy atom. The minimum Gasteiger partial charge on any atom is -0.412 e. The number of carbonyl (C=O) groups is 2. The summed E-state index contributed by atoms with van der Waals surface area (Å²) in [6, 6.07) is 0. The minimum absolute atomic E-state index is 0.176. The van der Waals surface area contributed by atoms with Gasteiger partial charge in [-0.3, -0.25) is 9.35 Å². The Kier molecular flexibility index (Phi) is 8.10. The van der Waals surface area contributed by atoms with Crippen LogP contribution < -0.4 is 5.32 Å². The molecule has 0 saturated heterocycles. The van der Waals surface area contributed by atoms with E-state index < -0.39 is 63.7 Å². The molecule has 0 saturated carbocycles. The summed E-state index contributed by atoms with van der Waals surface area (Å²) in [7, 11) is -6.66. The zero-order valence-corrected chi connectivity index (χ0v) is 16.5. The van der Waals surface area contributed by atoms with Gasteiger partial charge in [-0.15, -0.1) is 0 Å². The number of ether oxygens (including phenoxy) is 2. The van der Waals surface area contributed by atoms with Gasteiger partial charge >= 0.3 is 45.1 Å². The Morgan fingerprint density at radius 2 is 1.53 bits per heavy atom. The largest absolute Gasteiger partial charge is 0.466 e. The van der Waals surface area contributed by atoms with E-state index in [-0.39, 0.29) is 6.08 Å². The summed E-state index contributed by atoms with van der Waals surface area (Å²) in [5.74, 6) is -14.3. The number of esters is 1. The molecule has 0 aromatic carbocycles. The highest BCUT2D eigenvalue weighted by molar-refractivity contribution is 7.87. The molecule has 176 valence electrons. The molecule has 1 atom stereocenters. The number of rotatable bonds is 9. The molecule has 2 N–H and O–H groups in total. The van der Waals surface area contributed by atoms with Crippen LogP contribution in [0.15, 0.2) is 12.7 Å². The summed E-state index contributed by atoms with van der Waals surface area (Å²) >= 11 is 0. The monoisotopic (exact) mass is 477 g/mol. The standard InChI is InChI=1S/C14H18F7NO7S/c1-5-8(23)29-12(13(17,18)19,9(24)22-10(2,3)4)28-7-6-11(15,16)14(20,21)30(25,26)27/h5H,1,6-7H2,2-4H3,(H,22,24)(H,25,26,27). The first-order chi connectivity index (χ1) is 13.0. The molecular formula is C14H18F7NO7S. The van der Waals surface area contributed by atoms with Crippen molar-refractivity contribution in [1.29, 1.82) is 0 Å². The normalized spacial score (nSPS) is 15.8. The topological polar surface area (TPSA) is 119 Å².